The van der Waals surface area contributed by atoms with Gasteiger partial charge in [-0.05, 0) is 67.6 Å². The lowest BCUT2D eigenvalue weighted by atomic mass is 10.2. The van der Waals surface area contributed by atoms with Crippen LogP contribution in [-0.2, 0) is 9.59 Å². The number of hydrogen-bond donors (Lipinski definition) is 2. The summed E-state index contributed by atoms with van der Waals surface area (Å²) in [7, 11) is 5.51. The maximum absolute atomic E-state index is 12.7. The number of benzene rings is 3. The summed E-state index contributed by atoms with van der Waals surface area (Å²) in [6.07, 6.45) is 5.69. The fraction of sp³-hybridized carbons (Fsp3) is 0.344. The Hall–Kier alpha value is -4.18. The first kappa shape index (κ1) is 32.3. The summed E-state index contributed by atoms with van der Waals surface area (Å²) >= 11 is 1.34. The maximum Gasteiger partial charge on any atom is 0.251 e. The van der Waals surface area contributed by atoms with E-state index >= 15 is 0 Å². The van der Waals surface area contributed by atoms with Crippen molar-refractivity contribution in [3.05, 3.63) is 66.2 Å². The second kappa shape index (κ2) is 16.9. The van der Waals surface area contributed by atoms with Gasteiger partial charge in [-0.3, -0.25) is 9.59 Å². The van der Waals surface area contributed by atoms with Crippen molar-refractivity contribution in [3.8, 4) is 17.2 Å². The number of anilines is 3. The van der Waals surface area contributed by atoms with Gasteiger partial charge in [-0.2, -0.15) is 0 Å². The lowest BCUT2D eigenvalue weighted by molar-refractivity contribution is -0.108. The van der Waals surface area contributed by atoms with Crippen molar-refractivity contribution < 1.29 is 23.9 Å². The van der Waals surface area contributed by atoms with Gasteiger partial charge < -0.3 is 34.1 Å². The minimum Gasteiger partial charge on any atom is -0.493 e. The second-order valence-electron chi connectivity index (χ2n) is 9.88. The van der Waals surface area contributed by atoms with E-state index in [0.29, 0.717) is 48.0 Å². The van der Waals surface area contributed by atoms with Crippen molar-refractivity contribution in [3.63, 3.8) is 0 Å². The number of amides is 2. The van der Waals surface area contributed by atoms with Crippen LogP contribution in [0.2, 0.25) is 0 Å². The van der Waals surface area contributed by atoms with Crippen molar-refractivity contribution in [2.75, 3.05) is 48.8 Å². The molecule has 0 aliphatic heterocycles. The third-order valence-electron chi connectivity index (χ3n) is 6.26. The molecule has 0 heterocycles. The Bertz CT molecular complexity index is 1330. The third-order valence-corrected chi connectivity index (χ3v) is 7.07. The van der Waals surface area contributed by atoms with Crippen LogP contribution in [-0.4, -0.2) is 52.9 Å². The molecule has 0 unspecified atom stereocenters. The fourth-order valence-electron chi connectivity index (χ4n) is 4.04. The van der Waals surface area contributed by atoms with Gasteiger partial charge in [0.1, 0.15) is 17.8 Å². The van der Waals surface area contributed by atoms with Crippen molar-refractivity contribution in [2.24, 2.45) is 0 Å². The molecule has 0 bridgehead atoms. The van der Waals surface area contributed by atoms with E-state index in [1.165, 1.54) is 16.8 Å². The monoisotopic (exact) mass is 592 g/mol. The van der Waals surface area contributed by atoms with Crippen molar-refractivity contribution in [1.82, 2.24) is 5.32 Å². The number of aldehydes is 1. The normalized spacial score (nSPS) is 10.5. The average Bonchev–Trinajstić information content (AvgIpc) is 3.00. The minimum absolute atomic E-state index is 0.146. The highest BCUT2D eigenvalue weighted by Gasteiger charge is 2.17. The highest BCUT2D eigenvalue weighted by molar-refractivity contribution is 8.00. The zero-order valence-corrected chi connectivity index (χ0v) is 25.5. The van der Waals surface area contributed by atoms with Crippen LogP contribution in [0.15, 0.2) is 65.6 Å². The van der Waals surface area contributed by atoms with Crippen LogP contribution in [0.5, 0.6) is 17.2 Å². The SMILES string of the molecule is CCCOc1cccc(Oc2cc(N(C)C)c(N(C)C=O)cc2NSc2cccc(C(=O)NCCCCCC=O)c2)c1. The third kappa shape index (κ3) is 9.73. The molecular weight excluding hydrogens is 552 g/mol. The van der Waals surface area contributed by atoms with E-state index in [2.05, 4.69) is 17.0 Å². The van der Waals surface area contributed by atoms with Gasteiger partial charge in [-0.15, -0.1) is 0 Å². The van der Waals surface area contributed by atoms with Crippen molar-refractivity contribution >= 4 is 47.6 Å². The first-order valence-electron chi connectivity index (χ1n) is 14.0. The number of rotatable bonds is 18. The lowest BCUT2D eigenvalue weighted by Gasteiger charge is -2.24. The smallest absolute Gasteiger partial charge is 0.251 e. The van der Waals surface area contributed by atoms with E-state index < -0.39 is 0 Å². The van der Waals surface area contributed by atoms with Crippen LogP contribution >= 0.6 is 11.9 Å². The number of ether oxygens (including phenoxy) is 2. The molecule has 0 saturated heterocycles. The highest BCUT2D eigenvalue weighted by atomic mass is 32.2. The molecule has 0 spiro atoms. The molecular formula is C32H40N4O5S. The number of carbonyl (C=O) groups excluding carboxylic acids is 3. The molecule has 0 saturated carbocycles. The van der Waals surface area contributed by atoms with Crippen LogP contribution in [0.3, 0.4) is 0 Å². The van der Waals surface area contributed by atoms with Crippen LogP contribution in [0.25, 0.3) is 0 Å². The molecule has 3 rings (SSSR count). The van der Waals surface area contributed by atoms with Gasteiger partial charge in [0, 0.05) is 56.7 Å². The summed E-state index contributed by atoms with van der Waals surface area (Å²) in [5.74, 6) is 1.75. The number of nitrogens with zero attached hydrogens (tertiary/aromatic N) is 2. The van der Waals surface area contributed by atoms with Gasteiger partial charge in [0.2, 0.25) is 6.41 Å². The standard InChI is InChI=1S/C32H40N4O5S/c1-5-18-40-25-13-11-14-26(20-25)41-31-22-29(35(2)3)30(36(4)23-38)21-28(31)34-42-27-15-10-12-24(19-27)32(39)33-16-8-6-7-9-17-37/h10-15,17,19-23,34H,5-9,16,18H2,1-4H3,(H,33,39). The van der Waals surface area contributed by atoms with E-state index in [1.807, 2.05) is 73.6 Å². The van der Waals surface area contributed by atoms with Crippen molar-refractivity contribution in [2.45, 2.75) is 43.9 Å². The summed E-state index contributed by atoms with van der Waals surface area (Å²) in [5, 5.41) is 2.94. The highest BCUT2D eigenvalue weighted by Crippen LogP contribution is 2.42. The topological polar surface area (TPSA) is 100 Å². The number of nitrogens with one attached hydrogen (secondary N) is 2. The summed E-state index contributed by atoms with van der Waals surface area (Å²) < 4.78 is 15.5. The number of unbranched alkanes of at least 4 members (excludes halogenated alkanes) is 3. The first-order chi connectivity index (χ1) is 20.4. The van der Waals surface area contributed by atoms with E-state index in [0.717, 1.165) is 54.7 Å². The predicted molar refractivity (Wildman–Crippen MR) is 170 cm³/mol. The zero-order chi connectivity index (χ0) is 30.3. The van der Waals surface area contributed by atoms with Crippen LogP contribution < -0.4 is 29.3 Å². The number of hydrogen-bond acceptors (Lipinski definition) is 8. The predicted octanol–water partition coefficient (Wildman–Crippen LogP) is 6.53. The van der Waals surface area contributed by atoms with Crippen LogP contribution in [0, 0.1) is 0 Å². The summed E-state index contributed by atoms with van der Waals surface area (Å²) in [4.78, 5) is 39.1. The van der Waals surface area contributed by atoms with Gasteiger partial charge in [0.15, 0.2) is 5.75 Å². The van der Waals surface area contributed by atoms with Crippen LogP contribution in [0.4, 0.5) is 17.1 Å². The Labute approximate surface area is 252 Å². The summed E-state index contributed by atoms with van der Waals surface area (Å²) in [5.41, 5.74) is 2.71. The Morgan fingerprint density at radius 1 is 0.929 bits per heavy atom. The second-order valence-corrected chi connectivity index (χ2v) is 10.8. The molecule has 3 aromatic rings. The molecule has 2 N–H and O–H groups in total. The van der Waals surface area contributed by atoms with Crippen molar-refractivity contribution in [1.29, 1.82) is 0 Å². The molecule has 42 heavy (non-hydrogen) atoms. The van der Waals surface area contributed by atoms with Gasteiger partial charge in [-0.1, -0.05) is 25.5 Å². The molecule has 0 aromatic heterocycles. The summed E-state index contributed by atoms with van der Waals surface area (Å²) in [6, 6.07) is 18.6. The van der Waals surface area contributed by atoms with Gasteiger partial charge >= 0.3 is 0 Å². The maximum atomic E-state index is 12.7. The Morgan fingerprint density at radius 2 is 1.71 bits per heavy atom. The van der Waals surface area contributed by atoms with Gasteiger partial charge in [0.25, 0.3) is 5.91 Å². The van der Waals surface area contributed by atoms with E-state index in [9.17, 15) is 14.4 Å². The van der Waals surface area contributed by atoms with E-state index in [4.69, 9.17) is 9.47 Å². The molecule has 224 valence electrons. The minimum atomic E-state index is -0.146. The molecule has 3 aromatic carbocycles. The van der Waals surface area contributed by atoms with E-state index in [-0.39, 0.29) is 5.91 Å². The number of carbonyl (C=O) groups is 3. The van der Waals surface area contributed by atoms with Crippen LogP contribution in [0.1, 0.15) is 49.4 Å². The molecule has 0 radical (unpaired) electrons. The Balaban J connectivity index is 1.82. The molecule has 0 aliphatic carbocycles. The largest absolute Gasteiger partial charge is 0.493 e. The first-order valence-corrected chi connectivity index (χ1v) is 14.9. The molecule has 0 atom stereocenters. The zero-order valence-electron chi connectivity index (χ0n) is 24.7. The fourth-order valence-corrected chi connectivity index (χ4v) is 4.76. The molecule has 10 heteroatoms. The quantitative estimate of drug-likeness (QED) is 0.0977. The summed E-state index contributed by atoms with van der Waals surface area (Å²) in [6.45, 7) is 3.23. The van der Waals surface area contributed by atoms with E-state index in [1.54, 1.807) is 13.1 Å². The molecule has 2 amide bonds. The Kier molecular flexibility index (Phi) is 13.0. The molecule has 9 nitrogen and oxygen atoms in total. The van der Waals surface area contributed by atoms with Gasteiger partial charge in [-0.25, -0.2) is 0 Å². The molecule has 0 aliphatic rings. The molecule has 0 fully saturated rings. The average molecular weight is 593 g/mol. The lowest BCUT2D eigenvalue weighted by Crippen LogP contribution is -2.24. The van der Waals surface area contributed by atoms with Gasteiger partial charge in [0.05, 0.1) is 23.7 Å². The Morgan fingerprint density at radius 3 is 2.45 bits per heavy atom.